The summed E-state index contributed by atoms with van der Waals surface area (Å²) >= 11 is 0. The Labute approximate surface area is 191 Å². The summed E-state index contributed by atoms with van der Waals surface area (Å²) in [5.74, 6) is 0. The van der Waals surface area contributed by atoms with E-state index >= 15 is 0 Å². The molecule has 2 heterocycles. The number of hydrogen-bond acceptors (Lipinski definition) is 5. The number of alkyl carbamates (subject to hydrolysis) is 1. The molecule has 4 rings (SSSR count). The van der Waals surface area contributed by atoms with E-state index in [2.05, 4.69) is 48.6 Å². The molecular formula is C24H36BN3O4. The van der Waals surface area contributed by atoms with Crippen LogP contribution in [0, 0.1) is 0 Å². The maximum Gasteiger partial charge on any atom is 0.494 e. The number of nitrogens with one attached hydrogen (secondary N) is 1. The molecule has 1 amide bonds. The van der Waals surface area contributed by atoms with Crippen molar-refractivity contribution in [1.82, 2.24) is 14.9 Å². The molecule has 1 N–H and O–H groups in total. The fourth-order valence-electron chi connectivity index (χ4n) is 4.43. The van der Waals surface area contributed by atoms with E-state index in [9.17, 15) is 4.79 Å². The number of benzene rings is 1. The number of fused-ring (bicyclic) bond motifs is 1. The van der Waals surface area contributed by atoms with E-state index in [0.29, 0.717) is 6.04 Å². The first-order chi connectivity index (χ1) is 14.8. The van der Waals surface area contributed by atoms with Crippen molar-refractivity contribution in [3.8, 4) is 0 Å². The van der Waals surface area contributed by atoms with Gasteiger partial charge in [-0.05, 0) is 91.7 Å². The van der Waals surface area contributed by atoms with Gasteiger partial charge < -0.3 is 23.9 Å². The molecule has 1 aliphatic carbocycles. The van der Waals surface area contributed by atoms with Crippen LogP contribution in [0.25, 0.3) is 11.0 Å². The predicted molar refractivity (Wildman–Crippen MR) is 126 cm³/mol. The molecule has 174 valence electrons. The summed E-state index contributed by atoms with van der Waals surface area (Å²) in [5, 5.41) is 3.02. The van der Waals surface area contributed by atoms with Crippen molar-refractivity contribution in [3.63, 3.8) is 0 Å². The zero-order chi connectivity index (χ0) is 23.3. The average Bonchev–Trinajstić information content (AvgIpc) is 3.18. The number of amides is 1. The van der Waals surface area contributed by atoms with E-state index in [1.807, 2.05) is 39.2 Å². The van der Waals surface area contributed by atoms with Crippen molar-refractivity contribution < 1.29 is 18.8 Å². The zero-order valence-electron chi connectivity index (χ0n) is 20.4. The van der Waals surface area contributed by atoms with Crippen LogP contribution in [0.2, 0.25) is 0 Å². The van der Waals surface area contributed by atoms with Crippen molar-refractivity contribution in [3.05, 3.63) is 24.5 Å². The number of ether oxygens (including phenoxy) is 1. The number of hydrogen-bond donors (Lipinski definition) is 1. The van der Waals surface area contributed by atoms with E-state index in [1.165, 1.54) is 0 Å². The second-order valence-corrected chi connectivity index (χ2v) is 11.1. The molecule has 1 saturated carbocycles. The summed E-state index contributed by atoms with van der Waals surface area (Å²) in [6.07, 6.45) is 5.40. The SMILES string of the molecule is CC(C)(C)OC(=O)NC1CCC(n2cnc3ccc(B4OC(C)(C)C(C)(C)O4)cc32)CC1. The van der Waals surface area contributed by atoms with Crippen LogP contribution in [0.4, 0.5) is 4.79 Å². The lowest BCUT2D eigenvalue weighted by atomic mass is 9.79. The normalized spacial score (nSPS) is 25.2. The molecule has 1 aliphatic heterocycles. The second-order valence-electron chi connectivity index (χ2n) is 11.1. The summed E-state index contributed by atoms with van der Waals surface area (Å²) in [6, 6.07) is 6.74. The van der Waals surface area contributed by atoms with Gasteiger partial charge in [-0.3, -0.25) is 0 Å². The molecule has 0 unspecified atom stereocenters. The van der Waals surface area contributed by atoms with Gasteiger partial charge in [-0.2, -0.15) is 0 Å². The Morgan fingerprint density at radius 2 is 1.75 bits per heavy atom. The lowest BCUT2D eigenvalue weighted by Gasteiger charge is -2.32. The third kappa shape index (κ3) is 4.67. The number of aromatic nitrogens is 2. The standard InChI is InChI=1S/C24H36BN3O4/c1-22(2,3)30-21(29)27-17-9-11-18(12-10-17)28-15-26-19-13-8-16(14-20(19)28)25-31-23(4,5)24(6,7)32-25/h8,13-15,17-18H,9-12H2,1-7H3,(H,27,29). The number of imidazole rings is 1. The monoisotopic (exact) mass is 441 g/mol. The molecule has 1 aromatic heterocycles. The Morgan fingerprint density at radius 3 is 2.34 bits per heavy atom. The molecule has 0 radical (unpaired) electrons. The number of carbonyl (C=O) groups excluding carboxylic acids is 1. The van der Waals surface area contributed by atoms with Gasteiger partial charge in [-0.15, -0.1) is 0 Å². The molecule has 0 bridgehead atoms. The van der Waals surface area contributed by atoms with Crippen molar-refractivity contribution in [1.29, 1.82) is 0 Å². The van der Waals surface area contributed by atoms with Gasteiger partial charge in [-0.25, -0.2) is 9.78 Å². The molecule has 7 nitrogen and oxygen atoms in total. The van der Waals surface area contributed by atoms with Crippen LogP contribution in [0.5, 0.6) is 0 Å². The summed E-state index contributed by atoms with van der Waals surface area (Å²) in [5.41, 5.74) is 1.86. The smallest absolute Gasteiger partial charge is 0.444 e. The van der Waals surface area contributed by atoms with Crippen molar-refractivity contribution >= 4 is 29.7 Å². The Hall–Kier alpha value is -2.06. The molecule has 2 aliphatic rings. The highest BCUT2D eigenvalue weighted by Crippen LogP contribution is 2.37. The van der Waals surface area contributed by atoms with Crippen LogP contribution < -0.4 is 10.8 Å². The highest BCUT2D eigenvalue weighted by Gasteiger charge is 2.51. The van der Waals surface area contributed by atoms with Crippen LogP contribution in [-0.4, -0.2) is 45.6 Å². The average molecular weight is 441 g/mol. The van der Waals surface area contributed by atoms with Crippen LogP contribution in [-0.2, 0) is 14.0 Å². The van der Waals surface area contributed by atoms with E-state index in [0.717, 1.165) is 42.2 Å². The lowest BCUT2D eigenvalue weighted by Crippen LogP contribution is -2.41. The van der Waals surface area contributed by atoms with Crippen LogP contribution in [0.3, 0.4) is 0 Å². The Bertz CT molecular complexity index is 971. The van der Waals surface area contributed by atoms with Gasteiger partial charge in [0.1, 0.15) is 5.60 Å². The Kier molecular flexibility index (Phi) is 5.82. The molecule has 1 saturated heterocycles. The van der Waals surface area contributed by atoms with Gasteiger partial charge in [0, 0.05) is 12.1 Å². The predicted octanol–water partition coefficient (Wildman–Crippen LogP) is 4.34. The fourth-order valence-corrected chi connectivity index (χ4v) is 4.43. The molecule has 2 aromatic rings. The quantitative estimate of drug-likeness (QED) is 0.718. The third-order valence-electron chi connectivity index (χ3n) is 6.94. The van der Waals surface area contributed by atoms with Crippen molar-refractivity contribution in [2.75, 3.05) is 0 Å². The van der Waals surface area contributed by atoms with Gasteiger partial charge in [-0.1, -0.05) is 6.07 Å². The van der Waals surface area contributed by atoms with E-state index < -0.39 is 5.60 Å². The highest BCUT2D eigenvalue weighted by molar-refractivity contribution is 6.62. The van der Waals surface area contributed by atoms with Gasteiger partial charge in [0.05, 0.1) is 28.6 Å². The van der Waals surface area contributed by atoms with E-state index in [-0.39, 0.29) is 30.5 Å². The minimum atomic E-state index is -0.480. The number of rotatable bonds is 3. The summed E-state index contributed by atoms with van der Waals surface area (Å²) < 4.78 is 20.2. The zero-order valence-corrected chi connectivity index (χ0v) is 20.4. The molecule has 2 fully saturated rings. The molecule has 32 heavy (non-hydrogen) atoms. The first kappa shape index (κ1) is 23.1. The summed E-state index contributed by atoms with van der Waals surface area (Å²) in [7, 11) is -0.387. The minimum absolute atomic E-state index is 0.149. The van der Waals surface area contributed by atoms with E-state index in [1.54, 1.807) is 0 Å². The maximum atomic E-state index is 12.1. The van der Waals surface area contributed by atoms with Crippen molar-refractivity contribution in [2.45, 2.75) is 103 Å². The molecular weight excluding hydrogens is 405 g/mol. The van der Waals surface area contributed by atoms with Crippen molar-refractivity contribution in [2.24, 2.45) is 0 Å². The maximum absolute atomic E-state index is 12.1. The third-order valence-corrected chi connectivity index (χ3v) is 6.94. The summed E-state index contributed by atoms with van der Waals surface area (Å²) in [4.78, 5) is 16.7. The Balaban J connectivity index is 1.45. The fraction of sp³-hybridized carbons (Fsp3) is 0.667. The van der Waals surface area contributed by atoms with E-state index in [4.69, 9.17) is 14.0 Å². The molecule has 0 spiro atoms. The Morgan fingerprint density at radius 1 is 1.12 bits per heavy atom. The number of carbonyl (C=O) groups is 1. The molecule has 0 atom stereocenters. The van der Waals surface area contributed by atoms with Gasteiger partial charge in [0.15, 0.2) is 0 Å². The molecule has 8 heteroatoms. The lowest BCUT2D eigenvalue weighted by molar-refractivity contribution is 0.00578. The highest BCUT2D eigenvalue weighted by atomic mass is 16.7. The number of nitrogens with zero attached hydrogens (tertiary/aromatic N) is 2. The first-order valence-corrected chi connectivity index (χ1v) is 11.7. The topological polar surface area (TPSA) is 74.6 Å². The van der Waals surface area contributed by atoms with Gasteiger partial charge in [0.25, 0.3) is 0 Å². The molecule has 1 aromatic carbocycles. The largest absolute Gasteiger partial charge is 0.494 e. The van der Waals surface area contributed by atoms with Crippen LogP contribution >= 0.6 is 0 Å². The van der Waals surface area contributed by atoms with Crippen LogP contribution in [0.1, 0.15) is 80.2 Å². The minimum Gasteiger partial charge on any atom is -0.444 e. The summed E-state index contributed by atoms with van der Waals surface area (Å²) in [6.45, 7) is 13.9. The van der Waals surface area contributed by atoms with Gasteiger partial charge in [0.2, 0.25) is 0 Å². The first-order valence-electron chi connectivity index (χ1n) is 11.7. The van der Waals surface area contributed by atoms with Gasteiger partial charge >= 0.3 is 13.2 Å². The van der Waals surface area contributed by atoms with Crippen LogP contribution in [0.15, 0.2) is 24.5 Å². The second kappa shape index (κ2) is 8.06.